The number of carbonyl (C=O) groups is 2. The number of likely N-dealkylation sites (tertiary alicyclic amines) is 1. The van der Waals surface area contributed by atoms with Gasteiger partial charge in [-0.25, -0.2) is 4.39 Å². The summed E-state index contributed by atoms with van der Waals surface area (Å²) in [7, 11) is 0. The van der Waals surface area contributed by atoms with Crippen LogP contribution in [0.1, 0.15) is 41.0 Å². The van der Waals surface area contributed by atoms with Crippen LogP contribution in [-0.2, 0) is 16.1 Å². The molecule has 4 rings (SSSR count). The van der Waals surface area contributed by atoms with E-state index in [-0.39, 0.29) is 23.7 Å². The average molecular weight is 466 g/mol. The fraction of sp³-hybridized carbons (Fsp3) is 0.231. The van der Waals surface area contributed by atoms with Gasteiger partial charge in [0.25, 0.3) is 11.7 Å². The number of aliphatic hydroxyl groups excluding tert-OH is 1. The zero-order valence-electron chi connectivity index (χ0n) is 18.4. The lowest BCUT2D eigenvalue weighted by molar-refractivity contribution is -0.140. The molecule has 1 fully saturated rings. The monoisotopic (exact) mass is 465 g/mol. The maximum atomic E-state index is 13.3. The fourth-order valence-corrected chi connectivity index (χ4v) is 4.74. The summed E-state index contributed by atoms with van der Waals surface area (Å²) >= 11 is 1.40. The molecular weight excluding hydrogens is 441 g/mol. The average Bonchev–Trinajstić information content (AvgIpc) is 3.42. The molecule has 1 aliphatic rings. The van der Waals surface area contributed by atoms with E-state index in [2.05, 4.69) is 0 Å². The molecule has 2 aromatic carbocycles. The highest BCUT2D eigenvalue weighted by Gasteiger charge is 2.46. The van der Waals surface area contributed by atoms with E-state index < -0.39 is 17.7 Å². The molecule has 1 saturated heterocycles. The van der Waals surface area contributed by atoms with Crippen LogP contribution in [0.25, 0.3) is 5.76 Å². The van der Waals surface area contributed by atoms with Crippen LogP contribution in [-0.4, -0.2) is 28.3 Å². The van der Waals surface area contributed by atoms with Gasteiger partial charge in [-0.1, -0.05) is 25.1 Å². The number of ether oxygens (including phenoxy) is 1. The Labute approximate surface area is 195 Å². The first-order valence-corrected chi connectivity index (χ1v) is 11.6. The Kier molecular flexibility index (Phi) is 6.60. The molecular formula is C26H24FNO4S. The van der Waals surface area contributed by atoms with Gasteiger partial charge in [-0.05, 0) is 66.2 Å². The lowest BCUT2D eigenvalue weighted by Gasteiger charge is -2.24. The molecule has 7 heteroatoms. The molecule has 2 heterocycles. The molecule has 1 unspecified atom stereocenters. The Bertz CT molecular complexity index is 1200. The van der Waals surface area contributed by atoms with Crippen molar-refractivity contribution in [3.8, 4) is 5.75 Å². The summed E-state index contributed by atoms with van der Waals surface area (Å²) in [5, 5.41) is 13.0. The summed E-state index contributed by atoms with van der Waals surface area (Å²) in [4.78, 5) is 28.3. The SMILES string of the molecule is CCCOc1ccc(/C(O)=C2/C(=O)C(=O)N(Cc3ccc(F)cc3)C2c2cccs2)cc1C. The van der Waals surface area contributed by atoms with Gasteiger partial charge in [-0.15, -0.1) is 11.3 Å². The molecule has 0 saturated carbocycles. The molecule has 3 aromatic rings. The van der Waals surface area contributed by atoms with Gasteiger partial charge in [0.1, 0.15) is 17.3 Å². The van der Waals surface area contributed by atoms with Crippen molar-refractivity contribution in [1.82, 2.24) is 4.90 Å². The van der Waals surface area contributed by atoms with Crippen LogP contribution in [0.5, 0.6) is 5.75 Å². The lowest BCUT2D eigenvalue weighted by atomic mass is 9.98. The highest BCUT2D eigenvalue weighted by atomic mass is 32.1. The Balaban J connectivity index is 1.76. The number of rotatable bonds is 7. The molecule has 0 spiro atoms. The van der Waals surface area contributed by atoms with Crippen LogP contribution >= 0.6 is 11.3 Å². The first-order valence-electron chi connectivity index (χ1n) is 10.7. The summed E-state index contributed by atoms with van der Waals surface area (Å²) in [6.45, 7) is 4.59. The van der Waals surface area contributed by atoms with E-state index in [1.54, 1.807) is 30.3 Å². The van der Waals surface area contributed by atoms with Crippen LogP contribution in [0.15, 0.2) is 65.6 Å². The number of aryl methyl sites for hydroxylation is 1. The number of carbonyl (C=O) groups excluding carboxylic acids is 2. The van der Waals surface area contributed by atoms with Crippen molar-refractivity contribution in [3.63, 3.8) is 0 Å². The van der Waals surface area contributed by atoms with Crippen LogP contribution < -0.4 is 4.74 Å². The smallest absolute Gasteiger partial charge is 0.295 e. The molecule has 0 aliphatic carbocycles. The molecule has 170 valence electrons. The van der Waals surface area contributed by atoms with Gasteiger partial charge in [0.2, 0.25) is 0 Å². The molecule has 0 radical (unpaired) electrons. The molecule has 33 heavy (non-hydrogen) atoms. The van der Waals surface area contributed by atoms with Crippen LogP contribution in [0.4, 0.5) is 4.39 Å². The van der Waals surface area contributed by atoms with E-state index >= 15 is 0 Å². The number of Topliss-reactive ketones (excluding diaryl/α,β-unsaturated/α-hetero) is 1. The second-order valence-corrected chi connectivity index (χ2v) is 8.88. The summed E-state index contributed by atoms with van der Waals surface area (Å²) < 4.78 is 19.0. The number of hydrogen-bond donors (Lipinski definition) is 1. The molecule has 1 atom stereocenters. The van der Waals surface area contributed by atoms with E-state index in [4.69, 9.17) is 4.74 Å². The van der Waals surface area contributed by atoms with Gasteiger partial charge in [0.05, 0.1) is 18.2 Å². The first-order chi connectivity index (χ1) is 15.9. The Hall–Kier alpha value is -3.45. The van der Waals surface area contributed by atoms with Crippen molar-refractivity contribution in [1.29, 1.82) is 0 Å². The molecule has 1 aromatic heterocycles. The standard InChI is InChI=1S/C26H24FNO4S/c1-3-12-32-20-11-8-18(14-16(20)2)24(29)22-23(21-5-4-13-33-21)28(26(31)25(22)30)15-17-6-9-19(27)10-7-17/h4-11,13-14,23,29H,3,12,15H2,1-2H3/b24-22-. The van der Waals surface area contributed by atoms with Gasteiger partial charge >= 0.3 is 0 Å². The predicted molar refractivity (Wildman–Crippen MR) is 126 cm³/mol. The predicted octanol–water partition coefficient (Wildman–Crippen LogP) is 5.61. The quantitative estimate of drug-likeness (QED) is 0.280. The summed E-state index contributed by atoms with van der Waals surface area (Å²) in [6.07, 6.45) is 0.874. The van der Waals surface area contributed by atoms with Crippen molar-refractivity contribution in [2.45, 2.75) is 32.9 Å². The molecule has 1 N–H and O–H groups in total. The number of ketones is 1. The number of benzene rings is 2. The van der Waals surface area contributed by atoms with Gasteiger partial charge in [0.15, 0.2) is 0 Å². The number of hydrogen-bond acceptors (Lipinski definition) is 5. The van der Waals surface area contributed by atoms with Gasteiger partial charge in [-0.2, -0.15) is 0 Å². The van der Waals surface area contributed by atoms with Crippen molar-refractivity contribution >= 4 is 28.8 Å². The number of nitrogens with zero attached hydrogens (tertiary/aromatic N) is 1. The minimum absolute atomic E-state index is 0.0474. The van der Waals surface area contributed by atoms with E-state index in [0.717, 1.165) is 16.9 Å². The molecule has 5 nitrogen and oxygen atoms in total. The second kappa shape index (κ2) is 9.58. The summed E-state index contributed by atoms with van der Waals surface area (Å²) in [6, 6.07) is 13.9. The Morgan fingerprint density at radius 1 is 1.15 bits per heavy atom. The normalized spacial score (nSPS) is 17.5. The third-order valence-corrected chi connectivity index (χ3v) is 6.45. The highest BCUT2D eigenvalue weighted by Crippen LogP contribution is 2.42. The van der Waals surface area contributed by atoms with Gasteiger partial charge < -0.3 is 14.7 Å². The maximum Gasteiger partial charge on any atom is 0.295 e. The molecule has 1 aliphatic heterocycles. The van der Waals surface area contributed by atoms with Crippen molar-refractivity contribution in [2.24, 2.45) is 0 Å². The van der Waals surface area contributed by atoms with Gasteiger partial charge in [-0.3, -0.25) is 9.59 Å². The first kappa shape index (κ1) is 22.7. The molecule has 1 amide bonds. The summed E-state index contributed by atoms with van der Waals surface area (Å²) in [5.41, 5.74) is 2.00. The van der Waals surface area contributed by atoms with E-state index in [9.17, 15) is 19.1 Å². The van der Waals surface area contributed by atoms with E-state index in [0.29, 0.717) is 23.5 Å². The highest BCUT2D eigenvalue weighted by molar-refractivity contribution is 7.10. The number of aliphatic hydroxyl groups is 1. The third-order valence-electron chi connectivity index (χ3n) is 5.53. The van der Waals surface area contributed by atoms with Crippen LogP contribution in [0.3, 0.4) is 0 Å². The number of thiophene rings is 1. The Morgan fingerprint density at radius 3 is 2.55 bits per heavy atom. The van der Waals surface area contributed by atoms with Crippen LogP contribution in [0, 0.1) is 12.7 Å². The fourth-order valence-electron chi connectivity index (χ4n) is 3.90. The number of halogens is 1. The Morgan fingerprint density at radius 2 is 1.91 bits per heavy atom. The van der Waals surface area contributed by atoms with Crippen LogP contribution in [0.2, 0.25) is 0 Å². The lowest BCUT2D eigenvalue weighted by Crippen LogP contribution is -2.28. The largest absolute Gasteiger partial charge is 0.507 e. The zero-order chi connectivity index (χ0) is 23.5. The van der Waals surface area contributed by atoms with Crippen molar-refractivity contribution < 1.29 is 23.8 Å². The minimum Gasteiger partial charge on any atom is -0.507 e. The van der Waals surface area contributed by atoms with Gasteiger partial charge in [0, 0.05) is 17.0 Å². The van der Waals surface area contributed by atoms with E-state index in [1.807, 2.05) is 31.4 Å². The second-order valence-electron chi connectivity index (χ2n) is 7.90. The van der Waals surface area contributed by atoms with Crippen molar-refractivity contribution in [2.75, 3.05) is 6.61 Å². The zero-order valence-corrected chi connectivity index (χ0v) is 19.2. The van der Waals surface area contributed by atoms with Crippen molar-refractivity contribution in [3.05, 3.63) is 92.9 Å². The topological polar surface area (TPSA) is 66.8 Å². The molecule has 0 bridgehead atoms. The van der Waals surface area contributed by atoms with E-state index in [1.165, 1.54) is 28.4 Å². The minimum atomic E-state index is -0.739. The maximum absolute atomic E-state index is 13.3. The summed E-state index contributed by atoms with van der Waals surface area (Å²) in [5.74, 6) is -1.33. The third kappa shape index (κ3) is 4.54. The number of amides is 1.